The van der Waals surface area contributed by atoms with Crippen LogP contribution in [0.4, 0.5) is 14.6 Å². The Bertz CT molecular complexity index is 641. The molecule has 0 saturated carbocycles. The Morgan fingerprint density at radius 2 is 1.91 bits per heavy atom. The number of aryl methyl sites for hydroxylation is 1. The maximum absolute atomic E-state index is 13.5. The van der Waals surface area contributed by atoms with Gasteiger partial charge in [0.1, 0.15) is 17.5 Å². The molecule has 0 unspecified atom stereocenters. The number of aromatic nitrogens is 1. The standard InChI is InChI=1S/C16H17F2N3S/c1-2-11-5-4-9-19-15(11)21-16(22)20-10-8-12-13(17)6-3-7-14(12)18/h3-7,9H,2,8,10H2,1H3,(H2,19,20,21,22). The van der Waals surface area contributed by atoms with E-state index in [9.17, 15) is 8.78 Å². The molecule has 116 valence electrons. The SMILES string of the molecule is CCc1cccnc1NC(=S)NCCc1c(F)cccc1F. The lowest BCUT2D eigenvalue weighted by molar-refractivity contribution is 0.553. The van der Waals surface area contributed by atoms with Gasteiger partial charge >= 0.3 is 0 Å². The van der Waals surface area contributed by atoms with Crippen LogP contribution in [0.25, 0.3) is 0 Å². The Balaban J connectivity index is 1.88. The molecule has 1 heterocycles. The summed E-state index contributed by atoms with van der Waals surface area (Å²) in [6.45, 7) is 2.36. The van der Waals surface area contributed by atoms with Gasteiger partial charge in [0.15, 0.2) is 5.11 Å². The fraction of sp³-hybridized carbons (Fsp3) is 0.250. The smallest absolute Gasteiger partial charge is 0.171 e. The summed E-state index contributed by atoms with van der Waals surface area (Å²) in [7, 11) is 0. The van der Waals surface area contributed by atoms with Gasteiger partial charge in [-0.05, 0) is 48.8 Å². The number of rotatable bonds is 5. The summed E-state index contributed by atoms with van der Waals surface area (Å²) >= 11 is 5.17. The monoisotopic (exact) mass is 321 g/mol. The molecule has 0 fully saturated rings. The topological polar surface area (TPSA) is 37.0 Å². The third kappa shape index (κ3) is 4.21. The van der Waals surface area contributed by atoms with Gasteiger partial charge in [0.25, 0.3) is 0 Å². The summed E-state index contributed by atoms with van der Waals surface area (Å²) in [5.74, 6) is -0.392. The van der Waals surface area contributed by atoms with Crippen molar-refractivity contribution < 1.29 is 8.78 Å². The van der Waals surface area contributed by atoms with E-state index in [-0.39, 0.29) is 12.0 Å². The molecular weight excluding hydrogens is 304 g/mol. The highest BCUT2D eigenvalue weighted by Gasteiger charge is 2.08. The van der Waals surface area contributed by atoms with Crippen molar-refractivity contribution in [2.24, 2.45) is 0 Å². The van der Waals surface area contributed by atoms with E-state index < -0.39 is 11.6 Å². The number of hydrogen-bond acceptors (Lipinski definition) is 2. The van der Waals surface area contributed by atoms with Crippen LogP contribution in [0.15, 0.2) is 36.5 Å². The van der Waals surface area contributed by atoms with E-state index in [4.69, 9.17) is 12.2 Å². The van der Waals surface area contributed by atoms with E-state index in [2.05, 4.69) is 15.6 Å². The highest BCUT2D eigenvalue weighted by atomic mass is 32.1. The van der Waals surface area contributed by atoms with Crippen molar-refractivity contribution in [3.8, 4) is 0 Å². The summed E-state index contributed by atoms with van der Waals surface area (Å²) in [5, 5.41) is 6.31. The van der Waals surface area contributed by atoms with Gasteiger partial charge in [-0.25, -0.2) is 13.8 Å². The van der Waals surface area contributed by atoms with Gasteiger partial charge < -0.3 is 10.6 Å². The number of benzene rings is 1. The molecule has 2 rings (SSSR count). The van der Waals surface area contributed by atoms with Gasteiger partial charge in [-0.1, -0.05) is 19.1 Å². The average Bonchev–Trinajstić information content (AvgIpc) is 2.51. The van der Waals surface area contributed by atoms with Crippen molar-refractivity contribution in [2.75, 3.05) is 11.9 Å². The molecule has 2 N–H and O–H groups in total. The van der Waals surface area contributed by atoms with Crippen LogP contribution in [0, 0.1) is 11.6 Å². The summed E-state index contributed by atoms with van der Waals surface area (Å²) in [6, 6.07) is 7.67. The maximum atomic E-state index is 13.5. The molecule has 0 saturated heterocycles. The number of halogens is 2. The van der Waals surface area contributed by atoms with E-state index >= 15 is 0 Å². The second-order valence-corrected chi connectivity index (χ2v) is 5.10. The zero-order chi connectivity index (χ0) is 15.9. The minimum Gasteiger partial charge on any atom is -0.362 e. The summed E-state index contributed by atoms with van der Waals surface area (Å²) < 4.78 is 27.0. The quantitative estimate of drug-likeness (QED) is 0.827. The zero-order valence-corrected chi connectivity index (χ0v) is 13.0. The third-order valence-corrected chi connectivity index (χ3v) is 3.47. The molecule has 22 heavy (non-hydrogen) atoms. The average molecular weight is 321 g/mol. The molecule has 0 bridgehead atoms. The molecule has 0 aliphatic rings. The van der Waals surface area contributed by atoms with Crippen molar-refractivity contribution >= 4 is 23.1 Å². The Hall–Kier alpha value is -2.08. The molecule has 0 spiro atoms. The van der Waals surface area contributed by atoms with Crippen LogP contribution in [0.5, 0.6) is 0 Å². The summed E-state index contributed by atoms with van der Waals surface area (Å²) in [5.41, 5.74) is 1.11. The van der Waals surface area contributed by atoms with E-state index in [1.165, 1.54) is 18.2 Å². The Morgan fingerprint density at radius 3 is 2.59 bits per heavy atom. The van der Waals surface area contributed by atoms with E-state index in [0.717, 1.165) is 12.0 Å². The molecular formula is C16H17F2N3S. The second-order valence-electron chi connectivity index (χ2n) is 4.70. The highest BCUT2D eigenvalue weighted by molar-refractivity contribution is 7.80. The van der Waals surface area contributed by atoms with Crippen LogP contribution >= 0.6 is 12.2 Å². The molecule has 0 radical (unpaired) electrons. The van der Waals surface area contributed by atoms with Gasteiger partial charge in [-0.2, -0.15) is 0 Å². The first kappa shape index (κ1) is 16.3. The predicted molar refractivity (Wildman–Crippen MR) is 87.9 cm³/mol. The fourth-order valence-electron chi connectivity index (χ4n) is 2.06. The van der Waals surface area contributed by atoms with Crippen LogP contribution in [-0.2, 0) is 12.8 Å². The number of anilines is 1. The molecule has 6 heteroatoms. The Morgan fingerprint density at radius 1 is 1.18 bits per heavy atom. The van der Waals surface area contributed by atoms with Crippen LogP contribution in [0.3, 0.4) is 0 Å². The first-order valence-electron chi connectivity index (χ1n) is 7.03. The molecule has 0 amide bonds. The van der Waals surface area contributed by atoms with Gasteiger partial charge in [-0.15, -0.1) is 0 Å². The molecule has 3 nitrogen and oxygen atoms in total. The number of nitrogens with one attached hydrogen (secondary N) is 2. The van der Waals surface area contributed by atoms with Crippen LogP contribution in [-0.4, -0.2) is 16.6 Å². The van der Waals surface area contributed by atoms with Crippen molar-refractivity contribution in [3.05, 3.63) is 59.3 Å². The minimum absolute atomic E-state index is 0.0601. The van der Waals surface area contributed by atoms with E-state index in [1.54, 1.807) is 6.20 Å². The minimum atomic E-state index is -0.543. The molecule has 1 aromatic heterocycles. The van der Waals surface area contributed by atoms with Crippen molar-refractivity contribution in [3.63, 3.8) is 0 Å². The first-order chi connectivity index (χ1) is 10.6. The van der Waals surface area contributed by atoms with Crippen molar-refractivity contribution in [1.29, 1.82) is 0 Å². The number of thiocarbonyl (C=S) groups is 1. The lowest BCUT2D eigenvalue weighted by Gasteiger charge is -2.12. The zero-order valence-electron chi connectivity index (χ0n) is 12.2. The second kappa shape index (κ2) is 7.79. The van der Waals surface area contributed by atoms with Crippen LogP contribution in [0.2, 0.25) is 0 Å². The lowest BCUT2D eigenvalue weighted by Crippen LogP contribution is -2.31. The Kier molecular flexibility index (Phi) is 5.77. The highest BCUT2D eigenvalue weighted by Crippen LogP contribution is 2.13. The fourth-order valence-corrected chi connectivity index (χ4v) is 2.26. The normalized spacial score (nSPS) is 10.3. The number of pyridine rings is 1. The van der Waals surface area contributed by atoms with Gasteiger partial charge in [0.2, 0.25) is 0 Å². The van der Waals surface area contributed by atoms with Gasteiger partial charge in [0, 0.05) is 18.3 Å². The van der Waals surface area contributed by atoms with Gasteiger partial charge in [-0.3, -0.25) is 0 Å². The van der Waals surface area contributed by atoms with E-state index in [1.807, 2.05) is 19.1 Å². The largest absolute Gasteiger partial charge is 0.362 e. The molecule has 2 aromatic rings. The maximum Gasteiger partial charge on any atom is 0.171 e. The van der Waals surface area contributed by atoms with Crippen molar-refractivity contribution in [1.82, 2.24) is 10.3 Å². The number of hydrogen-bond donors (Lipinski definition) is 2. The predicted octanol–water partition coefficient (Wildman–Crippen LogP) is 3.45. The third-order valence-electron chi connectivity index (χ3n) is 3.23. The van der Waals surface area contributed by atoms with E-state index in [0.29, 0.717) is 17.5 Å². The number of nitrogens with zero attached hydrogens (tertiary/aromatic N) is 1. The van der Waals surface area contributed by atoms with Crippen molar-refractivity contribution in [2.45, 2.75) is 19.8 Å². The first-order valence-corrected chi connectivity index (χ1v) is 7.44. The Labute approximate surface area is 133 Å². The molecule has 0 aliphatic carbocycles. The lowest BCUT2D eigenvalue weighted by atomic mass is 10.1. The molecule has 0 atom stereocenters. The molecule has 1 aromatic carbocycles. The summed E-state index contributed by atoms with van der Waals surface area (Å²) in [4.78, 5) is 4.23. The van der Waals surface area contributed by atoms with Crippen LogP contribution < -0.4 is 10.6 Å². The van der Waals surface area contributed by atoms with Gasteiger partial charge in [0.05, 0.1) is 0 Å². The summed E-state index contributed by atoms with van der Waals surface area (Å²) in [6.07, 6.45) is 2.72. The van der Waals surface area contributed by atoms with Crippen LogP contribution in [0.1, 0.15) is 18.1 Å². The molecule has 0 aliphatic heterocycles.